The third-order valence-electron chi connectivity index (χ3n) is 5.12. The van der Waals surface area contributed by atoms with E-state index in [1.165, 1.54) is 0 Å². The lowest BCUT2D eigenvalue weighted by Crippen LogP contribution is -2.27. The fraction of sp³-hybridized carbons (Fsp3) is 0.417. The first-order valence-electron chi connectivity index (χ1n) is 11.6. The zero-order valence-corrected chi connectivity index (χ0v) is 23.7. The highest BCUT2D eigenvalue weighted by Gasteiger charge is 2.28. The highest BCUT2D eigenvalue weighted by Crippen LogP contribution is 2.61. The molecule has 3 aromatic rings. The van der Waals surface area contributed by atoms with E-state index < -0.39 is 18.0 Å². The molecule has 0 radical (unpaired) electrons. The van der Waals surface area contributed by atoms with Crippen molar-refractivity contribution in [2.45, 2.75) is 51.8 Å². The second-order valence-electron chi connectivity index (χ2n) is 7.88. The molecule has 11 heteroatoms. The van der Waals surface area contributed by atoms with Crippen molar-refractivity contribution < 1.29 is 18.3 Å². The normalized spacial score (nSPS) is 12.9. The minimum Gasteiger partial charge on any atom is -0.490 e. The molecule has 0 fully saturated rings. The molecule has 0 amide bonds. The number of hydrogen-bond acceptors (Lipinski definition) is 7. The highest BCUT2D eigenvalue weighted by atomic mass is 127. The molecule has 1 unspecified atom stereocenters. The van der Waals surface area contributed by atoms with E-state index in [1.807, 2.05) is 18.2 Å². The van der Waals surface area contributed by atoms with E-state index in [-0.39, 0.29) is 5.88 Å². The van der Waals surface area contributed by atoms with Crippen LogP contribution in [0.5, 0.6) is 11.5 Å². The summed E-state index contributed by atoms with van der Waals surface area (Å²) in [7, 11) is 0. The Morgan fingerprint density at radius 3 is 2.34 bits per heavy atom. The number of ether oxygens (including phenoxy) is 1. The molecule has 0 spiro atoms. The summed E-state index contributed by atoms with van der Waals surface area (Å²) in [6, 6.07) is 14.1. The van der Waals surface area contributed by atoms with E-state index in [0.29, 0.717) is 36.4 Å². The number of hydrogen-bond donors (Lipinski definition) is 0. The van der Waals surface area contributed by atoms with Gasteiger partial charge in [0, 0.05) is 9.73 Å². The molecule has 0 saturated heterocycles. The van der Waals surface area contributed by atoms with Crippen molar-refractivity contribution in [2.24, 2.45) is 0 Å². The first kappa shape index (κ1) is 27.7. The van der Waals surface area contributed by atoms with Crippen LogP contribution in [-0.4, -0.2) is 22.1 Å². The molecule has 35 heavy (non-hydrogen) atoms. The maximum atomic E-state index is 13.9. The fourth-order valence-electron chi connectivity index (χ4n) is 3.16. The maximum Gasteiger partial charge on any atom is 0.443 e. The first-order valence-corrected chi connectivity index (χ1v) is 16.1. The van der Waals surface area contributed by atoms with Gasteiger partial charge >= 0.3 is 18.0 Å². The molecule has 8 nitrogen and oxygen atoms in total. The topological polar surface area (TPSA) is 92.7 Å². The second kappa shape index (κ2) is 13.4. The Balaban J connectivity index is 1.82. The molecule has 0 saturated carbocycles. The molecule has 0 bridgehead atoms. The fourth-order valence-corrected chi connectivity index (χ4v) is 7.41. The van der Waals surface area contributed by atoms with Crippen LogP contribution in [0.3, 0.4) is 0 Å². The predicted octanol–water partition coefficient (Wildman–Crippen LogP) is 6.53. The van der Waals surface area contributed by atoms with Crippen molar-refractivity contribution in [2.75, 3.05) is 12.8 Å². The van der Waals surface area contributed by atoms with Crippen molar-refractivity contribution in [3.8, 4) is 17.2 Å². The number of nitrogens with zero attached hydrogens (tertiary/aromatic N) is 2. The molecule has 1 heterocycles. The van der Waals surface area contributed by atoms with E-state index in [9.17, 15) is 14.2 Å². The van der Waals surface area contributed by atoms with Crippen LogP contribution in [-0.2, 0) is 10.4 Å². The van der Waals surface area contributed by atoms with Crippen LogP contribution in [0.25, 0.3) is 5.69 Å². The van der Waals surface area contributed by atoms with Gasteiger partial charge in [0.25, 0.3) is 0 Å². The standard InChI is InChI=1S/C24H30IN2O6PS/c1-3-5-9-17-34(30,33-22-11-8-7-10-21(22)31-16-6-4-2)35-18-26-23(28)27(32-24(26)29)20-14-12-19(25)13-15-20/h7-8,10-15H,3-6,9,16-18H2,1-2H3. The third kappa shape index (κ3) is 7.79. The molecular weight excluding hydrogens is 602 g/mol. The summed E-state index contributed by atoms with van der Waals surface area (Å²) in [6.45, 7) is 1.35. The SMILES string of the molecule is CCCCCP(=O)(Oc1ccccc1OCCCC)SCn1c(=O)on(-c2ccc(I)cc2)c1=O. The van der Waals surface area contributed by atoms with Gasteiger partial charge < -0.3 is 13.8 Å². The molecule has 1 atom stereocenters. The summed E-state index contributed by atoms with van der Waals surface area (Å²) < 4.78 is 33.8. The predicted molar refractivity (Wildman–Crippen MR) is 148 cm³/mol. The average molecular weight is 632 g/mol. The lowest BCUT2D eigenvalue weighted by Gasteiger charge is -2.20. The first-order chi connectivity index (χ1) is 16.9. The molecule has 3 rings (SSSR count). The van der Waals surface area contributed by atoms with E-state index in [4.69, 9.17) is 13.8 Å². The Morgan fingerprint density at radius 1 is 0.971 bits per heavy atom. The van der Waals surface area contributed by atoms with Gasteiger partial charge in [0.1, 0.15) is 0 Å². The Bertz CT molecular complexity index is 1250. The summed E-state index contributed by atoms with van der Waals surface area (Å²) >= 11 is 3.11. The number of benzene rings is 2. The van der Waals surface area contributed by atoms with Crippen molar-refractivity contribution in [1.29, 1.82) is 0 Å². The monoisotopic (exact) mass is 632 g/mol. The van der Waals surface area contributed by atoms with Crippen LogP contribution in [0, 0.1) is 3.57 Å². The van der Waals surface area contributed by atoms with E-state index in [1.54, 1.807) is 30.3 Å². The molecule has 190 valence electrons. The highest BCUT2D eigenvalue weighted by molar-refractivity contribution is 14.1. The zero-order chi connectivity index (χ0) is 25.3. The van der Waals surface area contributed by atoms with Crippen LogP contribution in [0.15, 0.2) is 62.6 Å². The maximum absolute atomic E-state index is 13.9. The van der Waals surface area contributed by atoms with Gasteiger partial charge in [0.15, 0.2) is 11.5 Å². The summed E-state index contributed by atoms with van der Waals surface area (Å²) in [5.74, 6) is -0.0455. The zero-order valence-electron chi connectivity index (χ0n) is 19.9. The minimum atomic E-state index is -3.33. The molecule has 0 N–H and O–H groups in total. The number of rotatable bonds is 14. The Kier molecular flexibility index (Phi) is 10.6. The molecule has 0 aliphatic rings. The Morgan fingerprint density at radius 2 is 1.66 bits per heavy atom. The largest absolute Gasteiger partial charge is 0.490 e. The van der Waals surface area contributed by atoms with E-state index in [0.717, 1.165) is 49.9 Å². The van der Waals surface area contributed by atoms with Gasteiger partial charge in [-0.3, -0.25) is 4.57 Å². The Hall–Kier alpha value is -1.91. The van der Waals surface area contributed by atoms with Crippen molar-refractivity contribution in [1.82, 2.24) is 9.31 Å². The van der Waals surface area contributed by atoms with Crippen LogP contribution in [0.1, 0.15) is 46.0 Å². The van der Waals surface area contributed by atoms with Gasteiger partial charge in [-0.05, 0) is 83.2 Å². The number of para-hydroxylation sites is 2. The van der Waals surface area contributed by atoms with Crippen LogP contribution < -0.4 is 20.7 Å². The summed E-state index contributed by atoms with van der Waals surface area (Å²) in [5.41, 5.74) is -0.191. The number of halogens is 1. The van der Waals surface area contributed by atoms with Gasteiger partial charge in [-0.2, -0.15) is 0 Å². The van der Waals surface area contributed by atoms with Gasteiger partial charge in [0.2, 0.25) is 0 Å². The van der Waals surface area contributed by atoms with Crippen molar-refractivity contribution in [3.63, 3.8) is 0 Å². The van der Waals surface area contributed by atoms with E-state index in [2.05, 4.69) is 36.4 Å². The lowest BCUT2D eigenvalue weighted by atomic mass is 10.3. The molecule has 1 aromatic heterocycles. The molecular formula is C24H30IN2O6PS. The van der Waals surface area contributed by atoms with Gasteiger partial charge in [0.05, 0.1) is 18.2 Å². The number of aromatic nitrogens is 2. The molecule has 2 aromatic carbocycles. The van der Waals surface area contributed by atoms with Gasteiger partial charge in [-0.15, -0.1) is 4.74 Å². The minimum absolute atomic E-state index is 0.152. The van der Waals surface area contributed by atoms with Crippen LogP contribution >= 0.6 is 40.5 Å². The second-order valence-corrected chi connectivity index (χ2v) is 13.9. The van der Waals surface area contributed by atoms with Crippen LogP contribution in [0.2, 0.25) is 0 Å². The lowest BCUT2D eigenvalue weighted by molar-refractivity contribution is 0.300. The average Bonchev–Trinajstić information content (AvgIpc) is 3.13. The van der Waals surface area contributed by atoms with Crippen LogP contribution in [0.4, 0.5) is 0 Å². The third-order valence-corrected chi connectivity index (χ3v) is 10.2. The van der Waals surface area contributed by atoms with E-state index >= 15 is 0 Å². The summed E-state index contributed by atoms with van der Waals surface area (Å²) in [4.78, 5) is 25.3. The summed E-state index contributed by atoms with van der Waals surface area (Å²) in [6.07, 6.45) is 4.76. The smallest absolute Gasteiger partial charge is 0.443 e. The quantitative estimate of drug-likeness (QED) is 0.113. The van der Waals surface area contributed by atoms with Gasteiger partial charge in [-0.1, -0.05) is 45.2 Å². The van der Waals surface area contributed by atoms with Crippen molar-refractivity contribution >= 4 is 40.5 Å². The van der Waals surface area contributed by atoms with Gasteiger partial charge in [-0.25, -0.2) is 14.2 Å². The summed E-state index contributed by atoms with van der Waals surface area (Å²) in [5, 5.41) is 0. The number of unbranched alkanes of at least 4 members (excludes halogenated alkanes) is 3. The molecule has 0 aliphatic heterocycles. The van der Waals surface area contributed by atoms with Crippen molar-refractivity contribution in [3.05, 3.63) is 73.1 Å². The Labute approximate surface area is 222 Å². The molecule has 0 aliphatic carbocycles.